The highest BCUT2D eigenvalue weighted by molar-refractivity contribution is 5.70. The van der Waals surface area contributed by atoms with E-state index in [1.54, 1.807) is 13.0 Å². The fourth-order valence-electron chi connectivity index (χ4n) is 0.879. The molecule has 1 N–H and O–H groups in total. The van der Waals surface area contributed by atoms with Gasteiger partial charge in [-0.25, -0.2) is 0 Å². The number of ether oxygens (including phenoxy) is 1. The molecule has 0 aliphatic carbocycles. The Hall–Kier alpha value is -0.830. The lowest BCUT2D eigenvalue weighted by Gasteiger charge is -2.04. The predicted octanol–water partition coefficient (Wildman–Crippen LogP) is 1.66. The van der Waals surface area contributed by atoms with Crippen LogP contribution in [-0.4, -0.2) is 23.8 Å². The first-order chi connectivity index (χ1) is 6.20. The van der Waals surface area contributed by atoms with Gasteiger partial charge in [0.2, 0.25) is 0 Å². The molecule has 0 aliphatic rings. The van der Waals surface area contributed by atoms with Crippen molar-refractivity contribution in [2.75, 3.05) is 6.61 Å². The standard InChI is InChI=1S/C10H18O3/c1-3-5-6-7-9(11)8-10(12)13-4-2/h6-7,9,11H,3-5,8H2,1-2H3. The van der Waals surface area contributed by atoms with Gasteiger partial charge in [-0.2, -0.15) is 0 Å². The highest BCUT2D eigenvalue weighted by Crippen LogP contribution is 1.98. The van der Waals surface area contributed by atoms with Gasteiger partial charge in [0.1, 0.15) is 0 Å². The zero-order chi connectivity index (χ0) is 10.1. The van der Waals surface area contributed by atoms with Gasteiger partial charge in [-0.3, -0.25) is 4.79 Å². The van der Waals surface area contributed by atoms with Crippen molar-refractivity contribution in [2.45, 2.75) is 39.2 Å². The quantitative estimate of drug-likeness (QED) is 0.507. The lowest BCUT2D eigenvalue weighted by molar-refractivity contribution is -0.144. The van der Waals surface area contributed by atoms with Crippen molar-refractivity contribution in [2.24, 2.45) is 0 Å². The minimum atomic E-state index is -0.703. The summed E-state index contributed by atoms with van der Waals surface area (Å²) in [7, 11) is 0. The predicted molar refractivity (Wildman–Crippen MR) is 51.3 cm³/mol. The second-order valence-electron chi connectivity index (χ2n) is 2.79. The summed E-state index contributed by atoms with van der Waals surface area (Å²) >= 11 is 0. The van der Waals surface area contributed by atoms with E-state index in [4.69, 9.17) is 0 Å². The molecule has 13 heavy (non-hydrogen) atoms. The Balaban J connectivity index is 3.60. The summed E-state index contributed by atoms with van der Waals surface area (Å²) in [4.78, 5) is 10.9. The molecule has 3 heteroatoms. The number of allylic oxidation sites excluding steroid dienone is 1. The number of hydrogen-bond acceptors (Lipinski definition) is 3. The van der Waals surface area contributed by atoms with Gasteiger partial charge in [0.25, 0.3) is 0 Å². The molecule has 0 fully saturated rings. The summed E-state index contributed by atoms with van der Waals surface area (Å²) < 4.78 is 4.69. The van der Waals surface area contributed by atoms with Crippen LogP contribution in [0.2, 0.25) is 0 Å². The van der Waals surface area contributed by atoms with Gasteiger partial charge in [-0.05, 0) is 13.3 Å². The van der Waals surface area contributed by atoms with Crippen molar-refractivity contribution < 1.29 is 14.6 Å². The molecule has 0 radical (unpaired) electrons. The van der Waals surface area contributed by atoms with Crippen LogP contribution in [0.25, 0.3) is 0 Å². The molecule has 0 aromatic carbocycles. The SMILES string of the molecule is CCCC=CC(O)CC(=O)OCC. The number of carbonyl (C=O) groups is 1. The number of hydrogen-bond donors (Lipinski definition) is 1. The molecule has 0 saturated heterocycles. The second-order valence-corrected chi connectivity index (χ2v) is 2.79. The van der Waals surface area contributed by atoms with Gasteiger partial charge >= 0.3 is 5.97 Å². The Bertz CT molecular complexity index is 164. The lowest BCUT2D eigenvalue weighted by Crippen LogP contribution is -2.13. The molecular formula is C10H18O3. The molecule has 1 unspecified atom stereocenters. The summed E-state index contributed by atoms with van der Waals surface area (Å²) in [5, 5.41) is 9.29. The van der Waals surface area contributed by atoms with E-state index in [9.17, 15) is 9.90 Å². The van der Waals surface area contributed by atoms with E-state index in [1.807, 2.05) is 6.08 Å². The van der Waals surface area contributed by atoms with Crippen LogP contribution < -0.4 is 0 Å². The molecule has 0 aliphatic heterocycles. The third-order valence-electron chi connectivity index (χ3n) is 1.49. The van der Waals surface area contributed by atoms with Crippen molar-refractivity contribution in [1.29, 1.82) is 0 Å². The van der Waals surface area contributed by atoms with Crippen LogP contribution in [0.5, 0.6) is 0 Å². The Morgan fingerprint density at radius 2 is 2.23 bits per heavy atom. The van der Waals surface area contributed by atoms with Crippen molar-refractivity contribution >= 4 is 5.97 Å². The first-order valence-electron chi connectivity index (χ1n) is 4.71. The van der Waals surface area contributed by atoms with E-state index >= 15 is 0 Å². The fraction of sp³-hybridized carbons (Fsp3) is 0.700. The van der Waals surface area contributed by atoms with Crippen LogP contribution in [-0.2, 0) is 9.53 Å². The van der Waals surface area contributed by atoms with Gasteiger partial charge < -0.3 is 9.84 Å². The Morgan fingerprint density at radius 1 is 1.54 bits per heavy atom. The molecule has 0 rings (SSSR count). The number of aliphatic hydroxyl groups excluding tert-OH is 1. The van der Waals surface area contributed by atoms with E-state index in [-0.39, 0.29) is 12.4 Å². The monoisotopic (exact) mass is 186 g/mol. The van der Waals surface area contributed by atoms with Crippen LogP contribution in [0.1, 0.15) is 33.1 Å². The van der Waals surface area contributed by atoms with Crippen LogP contribution >= 0.6 is 0 Å². The normalized spacial score (nSPS) is 13.2. The van der Waals surface area contributed by atoms with E-state index in [0.29, 0.717) is 6.61 Å². The summed E-state index contributed by atoms with van der Waals surface area (Å²) in [6, 6.07) is 0. The van der Waals surface area contributed by atoms with Crippen LogP contribution in [0, 0.1) is 0 Å². The molecule has 3 nitrogen and oxygen atoms in total. The maximum Gasteiger partial charge on any atom is 0.308 e. The Kier molecular flexibility index (Phi) is 7.30. The summed E-state index contributed by atoms with van der Waals surface area (Å²) in [6.07, 6.45) is 4.84. The lowest BCUT2D eigenvalue weighted by atomic mass is 10.2. The van der Waals surface area contributed by atoms with Gasteiger partial charge in [0.05, 0.1) is 19.1 Å². The molecule has 0 aromatic rings. The number of esters is 1. The van der Waals surface area contributed by atoms with E-state index < -0.39 is 6.10 Å². The Morgan fingerprint density at radius 3 is 2.77 bits per heavy atom. The van der Waals surface area contributed by atoms with Crippen molar-refractivity contribution in [3.63, 3.8) is 0 Å². The average molecular weight is 186 g/mol. The van der Waals surface area contributed by atoms with Gasteiger partial charge in [-0.1, -0.05) is 25.5 Å². The fourth-order valence-corrected chi connectivity index (χ4v) is 0.879. The first kappa shape index (κ1) is 12.2. The molecule has 0 amide bonds. The van der Waals surface area contributed by atoms with E-state index in [1.165, 1.54) is 0 Å². The molecule has 0 saturated carbocycles. The largest absolute Gasteiger partial charge is 0.466 e. The average Bonchev–Trinajstić information content (AvgIpc) is 2.05. The zero-order valence-corrected chi connectivity index (χ0v) is 8.32. The first-order valence-corrected chi connectivity index (χ1v) is 4.71. The van der Waals surface area contributed by atoms with Crippen LogP contribution in [0.4, 0.5) is 0 Å². The number of aliphatic hydroxyl groups is 1. The third kappa shape index (κ3) is 7.53. The maximum absolute atomic E-state index is 10.9. The zero-order valence-electron chi connectivity index (χ0n) is 8.32. The molecule has 1 atom stereocenters. The Labute approximate surface area is 79.4 Å². The molecule has 0 heterocycles. The molecule has 76 valence electrons. The van der Waals surface area contributed by atoms with Gasteiger partial charge in [-0.15, -0.1) is 0 Å². The number of unbranched alkanes of at least 4 members (excludes halogenated alkanes) is 1. The minimum absolute atomic E-state index is 0.0497. The van der Waals surface area contributed by atoms with Gasteiger partial charge in [0, 0.05) is 0 Å². The summed E-state index contributed by atoms with van der Waals surface area (Å²) in [6.45, 7) is 4.17. The van der Waals surface area contributed by atoms with Crippen molar-refractivity contribution in [3.8, 4) is 0 Å². The third-order valence-corrected chi connectivity index (χ3v) is 1.49. The highest BCUT2D eigenvalue weighted by atomic mass is 16.5. The maximum atomic E-state index is 10.9. The minimum Gasteiger partial charge on any atom is -0.466 e. The molecular weight excluding hydrogens is 168 g/mol. The second kappa shape index (κ2) is 7.80. The van der Waals surface area contributed by atoms with Crippen LogP contribution in [0.3, 0.4) is 0 Å². The molecule has 0 aromatic heterocycles. The highest BCUT2D eigenvalue weighted by Gasteiger charge is 2.07. The van der Waals surface area contributed by atoms with Crippen LogP contribution in [0.15, 0.2) is 12.2 Å². The van der Waals surface area contributed by atoms with Crippen molar-refractivity contribution in [1.82, 2.24) is 0 Å². The van der Waals surface area contributed by atoms with Crippen molar-refractivity contribution in [3.05, 3.63) is 12.2 Å². The number of carbonyl (C=O) groups excluding carboxylic acids is 1. The van der Waals surface area contributed by atoms with E-state index in [0.717, 1.165) is 12.8 Å². The topological polar surface area (TPSA) is 46.5 Å². The number of rotatable bonds is 6. The van der Waals surface area contributed by atoms with Gasteiger partial charge in [0.15, 0.2) is 0 Å². The molecule has 0 bridgehead atoms. The summed E-state index contributed by atoms with van der Waals surface area (Å²) in [5.41, 5.74) is 0. The summed E-state index contributed by atoms with van der Waals surface area (Å²) in [5.74, 6) is -0.351. The van der Waals surface area contributed by atoms with E-state index in [2.05, 4.69) is 11.7 Å². The molecule has 0 spiro atoms. The smallest absolute Gasteiger partial charge is 0.308 e.